The van der Waals surface area contributed by atoms with E-state index in [4.69, 9.17) is 4.74 Å². The number of hydrogen-bond donors (Lipinski definition) is 1. The minimum Gasteiger partial charge on any atom is -0.479 e. The van der Waals surface area contributed by atoms with Crippen LogP contribution in [0.2, 0.25) is 0 Å². The first-order valence-corrected chi connectivity index (χ1v) is 11.1. The van der Waals surface area contributed by atoms with E-state index in [1.54, 1.807) is 24.0 Å². The lowest BCUT2D eigenvalue weighted by atomic mass is 10.2. The Bertz CT molecular complexity index is 1010. The van der Waals surface area contributed by atoms with Crippen molar-refractivity contribution in [3.63, 3.8) is 0 Å². The van der Waals surface area contributed by atoms with Crippen molar-refractivity contribution >= 4 is 38.9 Å². The summed E-state index contributed by atoms with van der Waals surface area (Å²) in [5.41, 5.74) is 0.343. The third-order valence-electron chi connectivity index (χ3n) is 4.78. The van der Waals surface area contributed by atoms with E-state index < -0.39 is 16.1 Å². The number of sulfonamides is 1. The number of thiophene rings is 1. The van der Waals surface area contributed by atoms with Gasteiger partial charge in [-0.25, -0.2) is 8.42 Å². The number of amides is 2. The maximum absolute atomic E-state index is 13.0. The summed E-state index contributed by atoms with van der Waals surface area (Å²) in [6, 6.07) is 8.02. The van der Waals surface area contributed by atoms with E-state index in [9.17, 15) is 18.0 Å². The molecule has 1 atom stereocenters. The Morgan fingerprint density at radius 3 is 2.64 bits per heavy atom. The van der Waals surface area contributed by atoms with E-state index in [1.807, 2.05) is 11.4 Å². The third-order valence-corrected chi connectivity index (χ3v) is 7.53. The Balaban J connectivity index is 1.48. The topological polar surface area (TPSA) is 96.0 Å². The van der Waals surface area contributed by atoms with Gasteiger partial charge in [-0.05, 0) is 36.6 Å². The molecule has 4 rings (SSSR count). The zero-order valence-electron chi connectivity index (χ0n) is 15.1. The molecule has 0 radical (unpaired) electrons. The van der Waals surface area contributed by atoms with Crippen LogP contribution in [0.4, 0.5) is 5.69 Å². The normalized spacial score (nSPS) is 20.2. The minimum absolute atomic E-state index is 0.0743. The Labute approximate surface area is 166 Å². The monoisotopic (exact) mass is 421 g/mol. The first-order valence-electron chi connectivity index (χ1n) is 8.81. The van der Waals surface area contributed by atoms with Gasteiger partial charge in [0.15, 0.2) is 6.10 Å². The summed E-state index contributed by atoms with van der Waals surface area (Å²) >= 11 is 1.37. The van der Waals surface area contributed by atoms with Crippen molar-refractivity contribution in [2.75, 3.05) is 31.5 Å². The van der Waals surface area contributed by atoms with E-state index >= 15 is 0 Å². The summed E-state index contributed by atoms with van der Waals surface area (Å²) in [6.45, 7) is 2.73. The van der Waals surface area contributed by atoms with Crippen molar-refractivity contribution in [1.29, 1.82) is 0 Å². The number of fused-ring (bicyclic) bond motifs is 1. The Morgan fingerprint density at radius 2 is 1.96 bits per heavy atom. The highest BCUT2D eigenvalue weighted by Gasteiger charge is 2.32. The summed E-state index contributed by atoms with van der Waals surface area (Å²) in [5, 5.41) is 4.50. The first kappa shape index (κ1) is 18.9. The number of piperazine rings is 1. The molecule has 0 bridgehead atoms. The van der Waals surface area contributed by atoms with E-state index in [0.717, 1.165) is 0 Å². The molecular formula is C18H19N3O5S2. The lowest BCUT2D eigenvalue weighted by Crippen LogP contribution is -2.50. The summed E-state index contributed by atoms with van der Waals surface area (Å²) in [4.78, 5) is 26.6. The van der Waals surface area contributed by atoms with E-state index in [-0.39, 0.29) is 29.8 Å². The van der Waals surface area contributed by atoms with Crippen LogP contribution in [0.15, 0.2) is 40.6 Å². The molecule has 3 heterocycles. The number of nitrogens with one attached hydrogen (secondary N) is 1. The maximum Gasteiger partial charge on any atom is 0.265 e. The fourth-order valence-corrected chi connectivity index (χ4v) is 5.32. The molecule has 1 saturated heterocycles. The van der Waals surface area contributed by atoms with Gasteiger partial charge in [-0.2, -0.15) is 4.31 Å². The molecule has 8 nitrogen and oxygen atoms in total. The quantitative estimate of drug-likeness (QED) is 0.812. The van der Waals surface area contributed by atoms with Crippen LogP contribution < -0.4 is 10.1 Å². The highest BCUT2D eigenvalue weighted by atomic mass is 32.2. The highest BCUT2D eigenvalue weighted by molar-refractivity contribution is 7.89. The summed E-state index contributed by atoms with van der Waals surface area (Å²) in [7, 11) is -3.74. The smallest absolute Gasteiger partial charge is 0.265 e. The Hall–Kier alpha value is -2.43. The summed E-state index contributed by atoms with van der Waals surface area (Å²) < 4.78 is 32.8. The van der Waals surface area contributed by atoms with Crippen LogP contribution in [0.1, 0.15) is 16.6 Å². The number of hydrogen-bond acceptors (Lipinski definition) is 6. The number of carbonyl (C=O) groups is 2. The van der Waals surface area contributed by atoms with Crippen molar-refractivity contribution in [1.82, 2.24) is 9.21 Å². The number of carbonyl (C=O) groups excluding carboxylic acids is 2. The van der Waals surface area contributed by atoms with Gasteiger partial charge in [0.05, 0.1) is 15.5 Å². The van der Waals surface area contributed by atoms with Crippen molar-refractivity contribution in [3.8, 4) is 5.75 Å². The molecule has 2 aliphatic heterocycles. The first-order chi connectivity index (χ1) is 13.4. The second-order valence-electron chi connectivity index (χ2n) is 6.58. The second kappa shape index (κ2) is 7.19. The van der Waals surface area contributed by atoms with E-state index in [2.05, 4.69) is 5.32 Å². The van der Waals surface area contributed by atoms with Gasteiger partial charge in [0.25, 0.3) is 11.8 Å². The minimum atomic E-state index is -3.74. The lowest BCUT2D eigenvalue weighted by Gasteiger charge is -2.34. The molecular weight excluding hydrogens is 402 g/mol. The zero-order valence-corrected chi connectivity index (χ0v) is 16.8. The van der Waals surface area contributed by atoms with Crippen LogP contribution in [0, 0.1) is 0 Å². The molecule has 2 amide bonds. The van der Waals surface area contributed by atoms with Gasteiger partial charge in [0.2, 0.25) is 10.0 Å². The molecule has 1 aromatic carbocycles. The predicted octanol–water partition coefficient (Wildman–Crippen LogP) is 1.61. The van der Waals surface area contributed by atoms with Gasteiger partial charge < -0.3 is 15.0 Å². The molecule has 10 heteroatoms. The fourth-order valence-electron chi connectivity index (χ4n) is 3.19. The van der Waals surface area contributed by atoms with Gasteiger partial charge in [0, 0.05) is 26.2 Å². The maximum atomic E-state index is 13.0. The van der Waals surface area contributed by atoms with Gasteiger partial charge in [-0.15, -0.1) is 11.3 Å². The molecule has 0 saturated carbocycles. The SMILES string of the molecule is C[C@@H]1Oc2ccc(S(=O)(=O)N3CCN(C(=O)c4cccs4)CC3)cc2NC1=O. The van der Waals surface area contributed by atoms with Crippen molar-refractivity contribution in [2.24, 2.45) is 0 Å². The predicted molar refractivity (Wildman–Crippen MR) is 104 cm³/mol. The average Bonchev–Trinajstić information content (AvgIpc) is 3.23. The molecule has 1 fully saturated rings. The largest absolute Gasteiger partial charge is 0.479 e. The second-order valence-corrected chi connectivity index (χ2v) is 9.47. The number of nitrogens with zero attached hydrogens (tertiary/aromatic N) is 2. The molecule has 2 aliphatic rings. The third kappa shape index (κ3) is 3.38. The molecule has 148 valence electrons. The van der Waals surface area contributed by atoms with Crippen LogP contribution >= 0.6 is 11.3 Å². The number of anilines is 1. The zero-order chi connectivity index (χ0) is 19.9. The van der Waals surface area contributed by atoms with Crippen molar-refractivity contribution in [2.45, 2.75) is 17.9 Å². The molecule has 28 heavy (non-hydrogen) atoms. The van der Waals surface area contributed by atoms with Gasteiger partial charge in [-0.1, -0.05) is 6.07 Å². The van der Waals surface area contributed by atoms with Crippen LogP contribution in [0.3, 0.4) is 0 Å². The fraction of sp³-hybridized carbons (Fsp3) is 0.333. The number of ether oxygens (including phenoxy) is 1. The highest BCUT2D eigenvalue weighted by Crippen LogP contribution is 2.33. The standard InChI is InChI=1S/C18H19N3O5S2/c1-12-17(22)19-14-11-13(4-5-15(14)26-12)28(24,25)21-8-6-20(7-9-21)18(23)16-3-2-10-27-16/h2-5,10-12H,6-9H2,1H3,(H,19,22)/t12-/m0/s1. The number of benzene rings is 1. The summed E-state index contributed by atoms with van der Waals surface area (Å²) in [5.74, 6) is 0.0509. The van der Waals surface area contributed by atoms with Crippen LogP contribution in [-0.2, 0) is 14.8 Å². The molecule has 0 spiro atoms. The lowest BCUT2D eigenvalue weighted by molar-refractivity contribution is -0.122. The number of rotatable bonds is 3. The summed E-state index contributed by atoms with van der Waals surface area (Å²) in [6.07, 6.45) is -0.621. The molecule has 0 aliphatic carbocycles. The van der Waals surface area contributed by atoms with Crippen molar-refractivity contribution in [3.05, 3.63) is 40.6 Å². The Morgan fingerprint density at radius 1 is 1.21 bits per heavy atom. The van der Waals surface area contributed by atoms with E-state index in [1.165, 1.54) is 27.8 Å². The molecule has 1 N–H and O–H groups in total. The molecule has 1 aromatic heterocycles. The van der Waals surface area contributed by atoms with Crippen LogP contribution in [0.25, 0.3) is 0 Å². The molecule has 2 aromatic rings. The van der Waals surface area contributed by atoms with Crippen LogP contribution in [-0.4, -0.2) is 61.7 Å². The molecule has 0 unspecified atom stereocenters. The van der Waals surface area contributed by atoms with Gasteiger partial charge in [0.1, 0.15) is 5.75 Å². The average molecular weight is 422 g/mol. The van der Waals surface area contributed by atoms with Gasteiger partial charge >= 0.3 is 0 Å². The van der Waals surface area contributed by atoms with Crippen molar-refractivity contribution < 1.29 is 22.7 Å². The van der Waals surface area contributed by atoms with E-state index in [0.29, 0.717) is 29.4 Å². The van der Waals surface area contributed by atoms with Crippen LogP contribution in [0.5, 0.6) is 5.75 Å². The van der Waals surface area contributed by atoms with Gasteiger partial charge in [-0.3, -0.25) is 9.59 Å². The Kier molecular flexibility index (Phi) is 4.86.